The molecular weight excluding hydrogens is 380 g/mol. The molecule has 2 aliphatic carbocycles. The number of rotatable bonds is 5. The minimum absolute atomic E-state index is 0.00106. The average Bonchev–Trinajstić information content (AvgIpc) is 3.32. The Kier molecular flexibility index (Phi) is 5.50. The molecular formula is C19H22N4O2S2. The van der Waals surface area contributed by atoms with Crippen molar-refractivity contribution in [3.8, 4) is 6.07 Å². The Morgan fingerprint density at radius 1 is 1.30 bits per heavy atom. The summed E-state index contributed by atoms with van der Waals surface area (Å²) >= 11 is 2.95. The van der Waals surface area contributed by atoms with E-state index < -0.39 is 0 Å². The lowest BCUT2D eigenvalue weighted by molar-refractivity contribution is -0.118. The Bertz CT molecular complexity index is 967. The Morgan fingerprint density at radius 3 is 2.85 bits per heavy atom. The summed E-state index contributed by atoms with van der Waals surface area (Å²) in [5, 5.41) is 12.6. The zero-order valence-corrected chi connectivity index (χ0v) is 16.8. The number of nitrogens with one attached hydrogen (secondary N) is 1. The molecule has 2 aromatic rings. The number of nitrogens with zero attached hydrogens (tertiary/aromatic N) is 3. The largest absolute Gasteiger partial charge is 0.342 e. The van der Waals surface area contributed by atoms with Crippen molar-refractivity contribution in [1.29, 1.82) is 5.26 Å². The van der Waals surface area contributed by atoms with E-state index in [4.69, 9.17) is 10.2 Å². The molecule has 0 spiro atoms. The summed E-state index contributed by atoms with van der Waals surface area (Å²) in [5.41, 5.74) is 1.29. The van der Waals surface area contributed by atoms with Crippen LogP contribution in [-0.4, -0.2) is 27.8 Å². The van der Waals surface area contributed by atoms with Crippen molar-refractivity contribution >= 4 is 39.2 Å². The standard InChI is InChI=1S/C19H22N4O2S2/c20-9-10-21-15(24)11-26-19-22-17-16(13-7-3-4-8-14(13)27-17)18(25)23(19)12-5-1-2-6-12/h12H,1-8,10-11H2,(H,21,24). The molecule has 2 heterocycles. The van der Waals surface area contributed by atoms with Crippen LogP contribution in [0, 0.1) is 11.3 Å². The highest BCUT2D eigenvalue weighted by molar-refractivity contribution is 7.99. The smallest absolute Gasteiger partial charge is 0.263 e. The monoisotopic (exact) mass is 402 g/mol. The van der Waals surface area contributed by atoms with Crippen LogP contribution in [0.3, 0.4) is 0 Å². The first kappa shape index (κ1) is 18.5. The Hall–Kier alpha value is -1.85. The molecule has 1 amide bonds. The van der Waals surface area contributed by atoms with E-state index >= 15 is 0 Å². The van der Waals surface area contributed by atoms with Gasteiger partial charge in [-0.1, -0.05) is 24.6 Å². The minimum atomic E-state index is -0.209. The first-order chi connectivity index (χ1) is 13.2. The Labute approximate surface area is 166 Å². The molecule has 6 nitrogen and oxygen atoms in total. The summed E-state index contributed by atoms with van der Waals surface area (Å²) in [6, 6.07) is 2.08. The molecule has 1 N–H and O–H groups in total. The van der Waals surface area contributed by atoms with Crippen molar-refractivity contribution in [3.63, 3.8) is 0 Å². The van der Waals surface area contributed by atoms with Crippen LogP contribution in [0.4, 0.5) is 0 Å². The number of aryl methyl sites for hydroxylation is 2. The van der Waals surface area contributed by atoms with Crippen molar-refractivity contribution in [2.45, 2.75) is 62.6 Å². The zero-order chi connectivity index (χ0) is 18.8. The minimum Gasteiger partial charge on any atom is -0.342 e. The van der Waals surface area contributed by atoms with Crippen molar-refractivity contribution in [1.82, 2.24) is 14.9 Å². The number of hydrogen-bond acceptors (Lipinski definition) is 6. The fourth-order valence-electron chi connectivity index (χ4n) is 4.10. The third-order valence-corrected chi connectivity index (χ3v) is 7.51. The average molecular weight is 403 g/mol. The number of thioether (sulfide) groups is 1. The molecule has 0 radical (unpaired) electrons. The van der Waals surface area contributed by atoms with Gasteiger partial charge in [-0.15, -0.1) is 11.3 Å². The Morgan fingerprint density at radius 2 is 2.07 bits per heavy atom. The maximum atomic E-state index is 13.5. The molecule has 1 saturated carbocycles. The maximum Gasteiger partial charge on any atom is 0.263 e. The van der Waals surface area contributed by atoms with E-state index in [2.05, 4.69) is 5.32 Å². The van der Waals surface area contributed by atoms with Crippen LogP contribution >= 0.6 is 23.1 Å². The van der Waals surface area contributed by atoms with Gasteiger partial charge in [-0.2, -0.15) is 5.26 Å². The van der Waals surface area contributed by atoms with Gasteiger partial charge in [-0.05, 0) is 44.1 Å². The summed E-state index contributed by atoms with van der Waals surface area (Å²) in [6.45, 7) is -0.00106. The number of carbonyl (C=O) groups excluding carboxylic acids is 1. The predicted molar refractivity (Wildman–Crippen MR) is 107 cm³/mol. The number of thiophene rings is 1. The molecule has 0 aliphatic heterocycles. The molecule has 0 bridgehead atoms. The lowest BCUT2D eigenvalue weighted by Gasteiger charge is -2.18. The summed E-state index contributed by atoms with van der Waals surface area (Å²) in [6.07, 6.45) is 8.57. The van der Waals surface area contributed by atoms with E-state index in [1.807, 2.05) is 10.6 Å². The van der Waals surface area contributed by atoms with Gasteiger partial charge in [0.1, 0.15) is 11.4 Å². The summed E-state index contributed by atoms with van der Waals surface area (Å²) in [4.78, 5) is 32.3. The van der Waals surface area contributed by atoms with Crippen molar-refractivity contribution < 1.29 is 4.79 Å². The number of hydrogen-bond donors (Lipinski definition) is 1. The van der Waals surface area contributed by atoms with E-state index in [9.17, 15) is 9.59 Å². The van der Waals surface area contributed by atoms with Crippen LogP contribution in [0.15, 0.2) is 9.95 Å². The summed E-state index contributed by atoms with van der Waals surface area (Å²) in [5.74, 6) is -0.0448. The van der Waals surface area contributed by atoms with Gasteiger partial charge >= 0.3 is 0 Å². The third-order valence-electron chi connectivity index (χ3n) is 5.38. The van der Waals surface area contributed by atoms with Crippen molar-refractivity contribution in [3.05, 3.63) is 20.8 Å². The molecule has 0 atom stereocenters. The quantitative estimate of drug-likeness (QED) is 0.471. The SMILES string of the molecule is N#CCNC(=O)CSc1nc2sc3c(c2c(=O)n1C1CCCC1)CCCC3. The second-order valence-corrected chi connectivity index (χ2v) is 9.15. The maximum absolute atomic E-state index is 13.5. The Balaban J connectivity index is 1.74. The first-order valence-electron chi connectivity index (χ1n) is 9.52. The molecule has 2 aromatic heterocycles. The molecule has 27 heavy (non-hydrogen) atoms. The molecule has 8 heteroatoms. The highest BCUT2D eigenvalue weighted by atomic mass is 32.2. The predicted octanol–water partition coefficient (Wildman–Crippen LogP) is 3.18. The molecule has 2 aliphatic rings. The molecule has 142 valence electrons. The number of aromatic nitrogens is 2. The number of amides is 1. The van der Waals surface area contributed by atoms with Crippen LogP contribution < -0.4 is 10.9 Å². The van der Waals surface area contributed by atoms with E-state index in [1.165, 1.54) is 28.6 Å². The van der Waals surface area contributed by atoms with Gasteiger partial charge in [0.15, 0.2) is 5.16 Å². The second kappa shape index (κ2) is 8.03. The van der Waals surface area contributed by atoms with Gasteiger partial charge in [0, 0.05) is 10.9 Å². The van der Waals surface area contributed by atoms with Crippen molar-refractivity contribution in [2.75, 3.05) is 12.3 Å². The van der Waals surface area contributed by atoms with Crippen LogP contribution in [0.1, 0.15) is 55.0 Å². The lowest BCUT2D eigenvalue weighted by Crippen LogP contribution is -2.28. The molecule has 4 rings (SSSR count). The number of nitriles is 1. The van der Waals surface area contributed by atoms with Gasteiger partial charge in [0.05, 0.1) is 17.2 Å². The highest BCUT2D eigenvalue weighted by Crippen LogP contribution is 2.37. The second-order valence-electron chi connectivity index (χ2n) is 7.12. The van der Waals surface area contributed by atoms with Gasteiger partial charge in [0.2, 0.25) is 5.91 Å². The van der Waals surface area contributed by atoms with E-state index in [-0.39, 0.29) is 29.8 Å². The molecule has 0 aromatic carbocycles. The van der Waals surface area contributed by atoms with E-state index in [0.29, 0.717) is 5.16 Å². The highest BCUT2D eigenvalue weighted by Gasteiger charge is 2.27. The van der Waals surface area contributed by atoms with Crippen LogP contribution in [-0.2, 0) is 17.6 Å². The zero-order valence-electron chi connectivity index (χ0n) is 15.1. The van der Waals surface area contributed by atoms with Gasteiger partial charge in [0.25, 0.3) is 5.56 Å². The number of fused-ring (bicyclic) bond motifs is 3. The summed E-state index contributed by atoms with van der Waals surface area (Å²) in [7, 11) is 0. The normalized spacial score (nSPS) is 17.0. The number of carbonyl (C=O) groups is 1. The van der Waals surface area contributed by atoms with Gasteiger partial charge in [-0.3, -0.25) is 14.2 Å². The fraction of sp³-hybridized carbons (Fsp3) is 0.579. The first-order valence-corrected chi connectivity index (χ1v) is 11.3. The molecule has 0 saturated heterocycles. The van der Waals surface area contributed by atoms with Gasteiger partial charge < -0.3 is 5.32 Å². The van der Waals surface area contributed by atoms with Crippen LogP contribution in [0.2, 0.25) is 0 Å². The van der Waals surface area contributed by atoms with E-state index in [1.54, 1.807) is 11.3 Å². The molecule has 0 unspecified atom stereocenters. The fourth-order valence-corrected chi connectivity index (χ4v) is 6.30. The van der Waals surface area contributed by atoms with E-state index in [0.717, 1.165) is 55.2 Å². The van der Waals surface area contributed by atoms with Crippen LogP contribution in [0.5, 0.6) is 0 Å². The lowest BCUT2D eigenvalue weighted by atomic mass is 9.97. The van der Waals surface area contributed by atoms with Gasteiger partial charge in [-0.25, -0.2) is 4.98 Å². The van der Waals surface area contributed by atoms with Crippen molar-refractivity contribution in [2.24, 2.45) is 0 Å². The summed E-state index contributed by atoms with van der Waals surface area (Å²) < 4.78 is 1.86. The topological polar surface area (TPSA) is 87.8 Å². The van der Waals surface area contributed by atoms with Crippen LogP contribution in [0.25, 0.3) is 10.2 Å². The third kappa shape index (κ3) is 3.63. The molecule has 1 fully saturated rings.